The Hall–Kier alpha value is -2.25. The molecule has 0 unspecified atom stereocenters. The van der Waals surface area contributed by atoms with Gasteiger partial charge >= 0.3 is 0 Å². The zero-order chi connectivity index (χ0) is 20.5. The Morgan fingerprint density at radius 1 is 1.03 bits per heavy atom. The van der Waals surface area contributed by atoms with E-state index in [0.717, 1.165) is 29.7 Å². The normalized spacial score (nSPS) is 10.8. The summed E-state index contributed by atoms with van der Waals surface area (Å²) in [5.74, 6) is 2.06. The van der Waals surface area contributed by atoms with Crippen molar-refractivity contribution in [2.24, 2.45) is 0 Å². The Balaban J connectivity index is 1.46. The van der Waals surface area contributed by atoms with Crippen molar-refractivity contribution in [3.63, 3.8) is 0 Å². The molecule has 1 N–H and O–H groups in total. The minimum atomic E-state index is 0.0205. The van der Waals surface area contributed by atoms with Crippen molar-refractivity contribution >= 4 is 29.4 Å². The molecule has 0 aliphatic carbocycles. The number of hydrogen-bond donors (Lipinski definition) is 1. The van der Waals surface area contributed by atoms with Gasteiger partial charge in [0.05, 0.1) is 11.5 Å². The number of carbonyl (C=O) groups is 1. The smallest absolute Gasteiger partial charge is 0.230 e. The first-order valence-electron chi connectivity index (χ1n) is 9.70. The van der Waals surface area contributed by atoms with Gasteiger partial charge in [-0.15, -0.1) is 22.0 Å². The molecule has 0 saturated carbocycles. The lowest BCUT2D eigenvalue weighted by atomic mass is 10.1. The van der Waals surface area contributed by atoms with Gasteiger partial charge in [0.25, 0.3) is 0 Å². The summed E-state index contributed by atoms with van der Waals surface area (Å²) in [5.41, 5.74) is 2.48. The van der Waals surface area contributed by atoms with Gasteiger partial charge in [0.1, 0.15) is 5.82 Å². The molecule has 1 amide bonds. The average Bonchev–Trinajstić information content (AvgIpc) is 3.14. The van der Waals surface area contributed by atoms with E-state index in [9.17, 15) is 4.79 Å². The van der Waals surface area contributed by atoms with E-state index in [1.165, 1.54) is 27.8 Å². The van der Waals surface area contributed by atoms with E-state index in [1.54, 1.807) is 11.8 Å². The number of thioether (sulfide) groups is 2. The summed E-state index contributed by atoms with van der Waals surface area (Å²) in [6.07, 6.45) is 0.836. The molecule has 0 spiro atoms. The third-order valence-electron chi connectivity index (χ3n) is 4.41. The Kier molecular flexibility index (Phi) is 8.19. The van der Waals surface area contributed by atoms with E-state index in [2.05, 4.69) is 70.3 Å². The first kappa shape index (κ1) is 21.5. The molecule has 0 radical (unpaired) electrons. The highest BCUT2D eigenvalue weighted by Gasteiger charge is 2.13. The van der Waals surface area contributed by atoms with E-state index >= 15 is 0 Å². The lowest BCUT2D eigenvalue weighted by molar-refractivity contribution is -0.118. The molecule has 0 saturated heterocycles. The Labute approximate surface area is 180 Å². The topological polar surface area (TPSA) is 59.8 Å². The molecular weight excluding hydrogens is 400 g/mol. The van der Waals surface area contributed by atoms with Gasteiger partial charge in [-0.3, -0.25) is 4.79 Å². The van der Waals surface area contributed by atoms with Crippen LogP contribution < -0.4 is 5.32 Å². The summed E-state index contributed by atoms with van der Waals surface area (Å²) in [6.45, 7) is 5.59. The van der Waals surface area contributed by atoms with E-state index in [-0.39, 0.29) is 5.91 Å². The Morgan fingerprint density at radius 3 is 2.52 bits per heavy atom. The number of hydrogen-bond acceptors (Lipinski definition) is 5. The summed E-state index contributed by atoms with van der Waals surface area (Å²) in [6, 6.07) is 18.6. The summed E-state index contributed by atoms with van der Waals surface area (Å²) in [4.78, 5) is 13.4. The molecule has 0 fully saturated rings. The van der Waals surface area contributed by atoms with Gasteiger partial charge in [-0.2, -0.15) is 0 Å². The van der Waals surface area contributed by atoms with Crippen LogP contribution in [0.3, 0.4) is 0 Å². The van der Waals surface area contributed by atoms with Gasteiger partial charge in [0, 0.05) is 18.0 Å². The molecule has 7 heteroatoms. The van der Waals surface area contributed by atoms with Crippen LogP contribution in [0.25, 0.3) is 0 Å². The van der Waals surface area contributed by atoms with Crippen molar-refractivity contribution < 1.29 is 4.79 Å². The van der Waals surface area contributed by atoms with Crippen LogP contribution in [0.15, 0.2) is 64.6 Å². The molecular formula is C22H26N4OS2. The number of aromatic nitrogens is 3. The van der Waals surface area contributed by atoms with Crippen LogP contribution in [-0.4, -0.2) is 33.0 Å². The van der Waals surface area contributed by atoms with Crippen LogP contribution in [0.4, 0.5) is 0 Å². The quantitative estimate of drug-likeness (QED) is 0.489. The van der Waals surface area contributed by atoms with Gasteiger partial charge in [-0.05, 0) is 38.0 Å². The summed E-state index contributed by atoms with van der Waals surface area (Å²) < 4.78 is 2.09. The minimum Gasteiger partial charge on any atom is -0.355 e. The molecule has 3 aromatic rings. The summed E-state index contributed by atoms with van der Waals surface area (Å²) in [5, 5.41) is 12.4. The molecule has 1 aromatic heterocycles. The maximum Gasteiger partial charge on any atom is 0.230 e. The fraction of sp³-hybridized carbons (Fsp3) is 0.318. The predicted octanol–water partition coefficient (Wildman–Crippen LogP) is 4.35. The van der Waals surface area contributed by atoms with Crippen molar-refractivity contribution in [1.29, 1.82) is 0 Å². The zero-order valence-corrected chi connectivity index (χ0v) is 18.4. The number of nitrogens with zero attached hydrogens (tertiary/aromatic N) is 3. The molecule has 29 heavy (non-hydrogen) atoms. The minimum absolute atomic E-state index is 0.0205. The summed E-state index contributed by atoms with van der Waals surface area (Å²) >= 11 is 3.19. The molecule has 0 aliphatic rings. The maximum absolute atomic E-state index is 12.2. The zero-order valence-electron chi connectivity index (χ0n) is 16.8. The van der Waals surface area contributed by atoms with Gasteiger partial charge < -0.3 is 9.88 Å². The number of rotatable bonds is 10. The summed E-state index contributed by atoms with van der Waals surface area (Å²) in [7, 11) is 0. The van der Waals surface area contributed by atoms with Crippen LogP contribution in [0.2, 0.25) is 0 Å². The van der Waals surface area contributed by atoms with Crippen molar-refractivity contribution in [2.75, 3.05) is 12.3 Å². The average molecular weight is 427 g/mol. The maximum atomic E-state index is 12.2. The first-order valence-corrected chi connectivity index (χ1v) is 11.7. The molecule has 0 bridgehead atoms. The second-order valence-electron chi connectivity index (χ2n) is 6.62. The Morgan fingerprint density at radius 2 is 1.79 bits per heavy atom. The van der Waals surface area contributed by atoms with Crippen molar-refractivity contribution in [3.05, 3.63) is 71.5 Å². The molecule has 152 valence electrons. The highest BCUT2D eigenvalue weighted by atomic mass is 32.2. The molecule has 1 heterocycles. The third-order valence-corrected chi connectivity index (χ3v) is 6.38. The predicted molar refractivity (Wildman–Crippen MR) is 120 cm³/mol. The van der Waals surface area contributed by atoms with Crippen LogP contribution in [0, 0.1) is 6.92 Å². The largest absolute Gasteiger partial charge is 0.355 e. The van der Waals surface area contributed by atoms with Crippen molar-refractivity contribution in [2.45, 2.75) is 42.6 Å². The van der Waals surface area contributed by atoms with E-state index in [4.69, 9.17) is 0 Å². The standard InChI is InChI=1S/C22H26N4OS2/c1-3-26-20(15-28-19-11-9-17(2)10-12-19)24-25-22(26)29-16-21(27)23-14-13-18-7-5-4-6-8-18/h4-12H,3,13-16H2,1-2H3,(H,23,27). The highest BCUT2D eigenvalue weighted by Crippen LogP contribution is 2.24. The fourth-order valence-electron chi connectivity index (χ4n) is 2.80. The van der Waals surface area contributed by atoms with Crippen LogP contribution >= 0.6 is 23.5 Å². The number of amides is 1. The Bertz CT molecular complexity index is 910. The number of aryl methyl sites for hydroxylation is 1. The molecule has 0 atom stereocenters. The molecule has 3 rings (SSSR count). The van der Waals surface area contributed by atoms with Crippen LogP contribution in [0.1, 0.15) is 23.9 Å². The second kappa shape index (κ2) is 11.1. The number of nitrogens with one attached hydrogen (secondary N) is 1. The second-order valence-corrected chi connectivity index (χ2v) is 8.61. The highest BCUT2D eigenvalue weighted by molar-refractivity contribution is 7.99. The van der Waals surface area contributed by atoms with Gasteiger partial charge in [0.2, 0.25) is 5.91 Å². The van der Waals surface area contributed by atoms with Crippen LogP contribution in [0.5, 0.6) is 0 Å². The molecule has 2 aromatic carbocycles. The SMILES string of the molecule is CCn1c(CSc2ccc(C)cc2)nnc1SCC(=O)NCCc1ccccc1. The number of benzene rings is 2. The number of carbonyl (C=O) groups excluding carboxylic acids is 1. The van der Waals surface area contributed by atoms with Gasteiger partial charge in [-0.25, -0.2) is 0 Å². The van der Waals surface area contributed by atoms with E-state index in [0.29, 0.717) is 12.3 Å². The molecule has 5 nitrogen and oxygen atoms in total. The van der Waals surface area contributed by atoms with Crippen molar-refractivity contribution in [1.82, 2.24) is 20.1 Å². The van der Waals surface area contributed by atoms with E-state index < -0.39 is 0 Å². The van der Waals surface area contributed by atoms with Crippen molar-refractivity contribution in [3.8, 4) is 0 Å². The van der Waals surface area contributed by atoms with Crippen LogP contribution in [-0.2, 0) is 23.5 Å². The lowest BCUT2D eigenvalue weighted by Crippen LogP contribution is -2.27. The fourth-order valence-corrected chi connectivity index (χ4v) is 4.49. The van der Waals surface area contributed by atoms with Gasteiger partial charge in [0.15, 0.2) is 5.16 Å². The third kappa shape index (κ3) is 6.65. The molecule has 0 aliphatic heterocycles. The first-order chi connectivity index (χ1) is 14.2. The van der Waals surface area contributed by atoms with E-state index in [1.807, 2.05) is 18.2 Å². The monoisotopic (exact) mass is 426 g/mol. The lowest BCUT2D eigenvalue weighted by Gasteiger charge is -2.08. The van der Waals surface area contributed by atoms with Gasteiger partial charge in [-0.1, -0.05) is 59.8 Å².